The predicted octanol–water partition coefficient (Wildman–Crippen LogP) is 1.57. The molecular weight excluding hydrogens is 230 g/mol. The Hall–Kier alpha value is -1.55. The number of carbonyl (C=O) groups excluding carboxylic acids is 1. The zero-order chi connectivity index (χ0) is 13.0. The van der Waals surface area contributed by atoms with Gasteiger partial charge in [-0.3, -0.25) is 4.79 Å². The maximum Gasteiger partial charge on any atom is 0.227 e. The van der Waals surface area contributed by atoms with Gasteiger partial charge in [-0.1, -0.05) is 19.1 Å². The lowest BCUT2D eigenvalue weighted by Gasteiger charge is -2.32. The molecule has 1 fully saturated rings. The van der Waals surface area contributed by atoms with Gasteiger partial charge in [-0.2, -0.15) is 0 Å². The van der Waals surface area contributed by atoms with Crippen LogP contribution in [-0.4, -0.2) is 41.7 Å². The van der Waals surface area contributed by atoms with Gasteiger partial charge in [-0.25, -0.2) is 0 Å². The van der Waals surface area contributed by atoms with E-state index in [9.17, 15) is 9.90 Å². The molecule has 18 heavy (non-hydrogen) atoms. The summed E-state index contributed by atoms with van der Waals surface area (Å²) in [6, 6.07) is 6.85. The summed E-state index contributed by atoms with van der Waals surface area (Å²) in [5, 5.41) is 9.37. The van der Waals surface area contributed by atoms with Crippen LogP contribution in [0.5, 0.6) is 5.75 Å². The Morgan fingerprint density at radius 1 is 1.56 bits per heavy atom. The number of ether oxygens (including phenoxy) is 1. The van der Waals surface area contributed by atoms with E-state index in [-0.39, 0.29) is 17.8 Å². The van der Waals surface area contributed by atoms with Crippen molar-refractivity contribution in [3.05, 3.63) is 29.8 Å². The molecular formula is C14H19NO3. The molecule has 0 spiro atoms. The van der Waals surface area contributed by atoms with Crippen LogP contribution in [0.2, 0.25) is 0 Å². The van der Waals surface area contributed by atoms with Crippen molar-refractivity contribution in [2.75, 3.05) is 19.7 Å². The average molecular weight is 249 g/mol. The van der Waals surface area contributed by atoms with Gasteiger partial charge in [0, 0.05) is 13.1 Å². The van der Waals surface area contributed by atoms with Gasteiger partial charge in [0.1, 0.15) is 5.75 Å². The molecule has 1 aromatic rings. The quantitative estimate of drug-likeness (QED) is 0.884. The fourth-order valence-corrected chi connectivity index (χ4v) is 2.15. The third kappa shape index (κ3) is 3.23. The molecule has 1 aliphatic heterocycles. The van der Waals surface area contributed by atoms with Crippen molar-refractivity contribution < 1.29 is 14.6 Å². The van der Waals surface area contributed by atoms with E-state index in [0.717, 1.165) is 12.0 Å². The Bertz CT molecular complexity index is 419. The van der Waals surface area contributed by atoms with E-state index in [2.05, 4.69) is 6.92 Å². The number of carbonyl (C=O) groups is 1. The maximum atomic E-state index is 12.1. The molecule has 1 saturated heterocycles. The Morgan fingerprint density at radius 3 is 3.11 bits per heavy atom. The summed E-state index contributed by atoms with van der Waals surface area (Å²) in [4.78, 5) is 14.0. The lowest BCUT2D eigenvalue weighted by molar-refractivity contribution is -0.138. The Morgan fingerprint density at radius 2 is 2.39 bits per heavy atom. The van der Waals surface area contributed by atoms with Gasteiger partial charge in [-0.05, 0) is 24.1 Å². The third-order valence-corrected chi connectivity index (χ3v) is 3.21. The fourth-order valence-electron chi connectivity index (χ4n) is 2.15. The van der Waals surface area contributed by atoms with E-state index in [4.69, 9.17) is 4.74 Å². The first-order valence-electron chi connectivity index (χ1n) is 6.36. The number of hydrogen-bond acceptors (Lipinski definition) is 3. The van der Waals surface area contributed by atoms with E-state index in [1.54, 1.807) is 18.2 Å². The lowest BCUT2D eigenvalue weighted by Crippen LogP contribution is -2.45. The van der Waals surface area contributed by atoms with E-state index < -0.39 is 0 Å². The lowest BCUT2D eigenvalue weighted by atomic mass is 10.1. The topological polar surface area (TPSA) is 49.8 Å². The summed E-state index contributed by atoms with van der Waals surface area (Å²) in [5.74, 6) is 0.302. The first-order valence-corrected chi connectivity index (χ1v) is 6.36. The highest BCUT2D eigenvalue weighted by Crippen LogP contribution is 2.14. The van der Waals surface area contributed by atoms with Crippen molar-refractivity contribution in [2.45, 2.75) is 25.9 Å². The minimum atomic E-state index is 0.0994. The summed E-state index contributed by atoms with van der Waals surface area (Å²) in [6.45, 7) is 4.01. The molecule has 98 valence electrons. The molecule has 2 rings (SSSR count). The SMILES string of the molecule is CCC1CN(C(=O)Cc2cccc(O)c2)CCO1. The molecule has 1 aliphatic rings. The number of aromatic hydroxyl groups is 1. The number of nitrogens with zero attached hydrogens (tertiary/aromatic N) is 1. The van der Waals surface area contributed by atoms with Crippen molar-refractivity contribution in [1.29, 1.82) is 0 Å². The Kier molecular flexibility index (Phi) is 4.20. The van der Waals surface area contributed by atoms with E-state index in [1.807, 2.05) is 11.0 Å². The molecule has 1 N–H and O–H groups in total. The van der Waals surface area contributed by atoms with Crippen molar-refractivity contribution in [1.82, 2.24) is 4.90 Å². The molecule has 4 heteroatoms. The zero-order valence-electron chi connectivity index (χ0n) is 10.6. The summed E-state index contributed by atoms with van der Waals surface area (Å²) in [5.41, 5.74) is 0.847. The molecule has 0 saturated carbocycles. The number of amides is 1. The van der Waals surface area contributed by atoms with Gasteiger partial charge >= 0.3 is 0 Å². The van der Waals surface area contributed by atoms with Crippen molar-refractivity contribution in [2.24, 2.45) is 0 Å². The van der Waals surface area contributed by atoms with E-state index in [1.165, 1.54) is 0 Å². The molecule has 0 bridgehead atoms. The fraction of sp³-hybridized carbons (Fsp3) is 0.500. The van der Waals surface area contributed by atoms with Crippen LogP contribution >= 0.6 is 0 Å². The minimum Gasteiger partial charge on any atom is -0.508 e. The van der Waals surface area contributed by atoms with E-state index in [0.29, 0.717) is 26.1 Å². The maximum absolute atomic E-state index is 12.1. The zero-order valence-corrected chi connectivity index (χ0v) is 10.6. The third-order valence-electron chi connectivity index (χ3n) is 3.21. The molecule has 1 unspecified atom stereocenters. The number of rotatable bonds is 3. The number of hydrogen-bond donors (Lipinski definition) is 1. The van der Waals surface area contributed by atoms with Gasteiger partial charge in [0.25, 0.3) is 0 Å². The van der Waals surface area contributed by atoms with Gasteiger partial charge in [0.2, 0.25) is 5.91 Å². The molecule has 1 atom stereocenters. The number of phenolic OH excluding ortho intramolecular Hbond substituents is 1. The minimum absolute atomic E-state index is 0.0994. The Balaban J connectivity index is 1.95. The second kappa shape index (κ2) is 5.87. The number of benzene rings is 1. The van der Waals surface area contributed by atoms with Crippen molar-refractivity contribution >= 4 is 5.91 Å². The predicted molar refractivity (Wildman–Crippen MR) is 68.4 cm³/mol. The number of morpholine rings is 1. The largest absolute Gasteiger partial charge is 0.508 e. The molecule has 0 aromatic heterocycles. The second-order valence-corrected chi connectivity index (χ2v) is 4.59. The highest BCUT2D eigenvalue weighted by Gasteiger charge is 2.22. The van der Waals surface area contributed by atoms with Crippen molar-refractivity contribution in [3.63, 3.8) is 0 Å². The smallest absolute Gasteiger partial charge is 0.227 e. The van der Waals surface area contributed by atoms with Crippen LogP contribution in [0.3, 0.4) is 0 Å². The summed E-state index contributed by atoms with van der Waals surface area (Å²) < 4.78 is 5.54. The standard InChI is InChI=1S/C14H19NO3/c1-2-13-10-15(6-7-18-13)14(17)9-11-4-3-5-12(16)8-11/h3-5,8,13,16H,2,6-7,9-10H2,1H3. The summed E-state index contributed by atoms with van der Waals surface area (Å²) in [6.07, 6.45) is 1.42. The van der Waals surface area contributed by atoms with E-state index >= 15 is 0 Å². The van der Waals surface area contributed by atoms with Gasteiger partial charge in [0.05, 0.1) is 19.1 Å². The van der Waals surface area contributed by atoms with Gasteiger partial charge in [-0.15, -0.1) is 0 Å². The van der Waals surface area contributed by atoms with Crippen LogP contribution in [-0.2, 0) is 16.0 Å². The molecule has 0 radical (unpaired) electrons. The van der Waals surface area contributed by atoms with Gasteiger partial charge in [0.15, 0.2) is 0 Å². The van der Waals surface area contributed by atoms with Gasteiger partial charge < -0.3 is 14.7 Å². The second-order valence-electron chi connectivity index (χ2n) is 4.59. The molecule has 1 heterocycles. The Labute approximate surface area is 107 Å². The molecule has 4 nitrogen and oxygen atoms in total. The average Bonchev–Trinajstić information content (AvgIpc) is 2.39. The highest BCUT2D eigenvalue weighted by atomic mass is 16.5. The van der Waals surface area contributed by atoms with Crippen LogP contribution in [0.25, 0.3) is 0 Å². The molecule has 0 aliphatic carbocycles. The summed E-state index contributed by atoms with van der Waals surface area (Å²) in [7, 11) is 0. The summed E-state index contributed by atoms with van der Waals surface area (Å²) >= 11 is 0. The van der Waals surface area contributed by atoms with Crippen LogP contribution in [0.1, 0.15) is 18.9 Å². The van der Waals surface area contributed by atoms with Crippen LogP contribution in [0.15, 0.2) is 24.3 Å². The van der Waals surface area contributed by atoms with Crippen LogP contribution in [0, 0.1) is 0 Å². The normalized spacial score (nSPS) is 19.8. The highest BCUT2D eigenvalue weighted by molar-refractivity contribution is 5.79. The number of phenols is 1. The molecule has 1 aromatic carbocycles. The van der Waals surface area contributed by atoms with Crippen molar-refractivity contribution in [3.8, 4) is 5.75 Å². The monoisotopic (exact) mass is 249 g/mol. The first kappa shape index (κ1) is 12.9. The van der Waals surface area contributed by atoms with Crippen LogP contribution < -0.4 is 0 Å². The molecule has 1 amide bonds. The first-order chi connectivity index (χ1) is 8.69. The van der Waals surface area contributed by atoms with Crippen LogP contribution in [0.4, 0.5) is 0 Å².